The summed E-state index contributed by atoms with van der Waals surface area (Å²) < 4.78 is 0. The van der Waals surface area contributed by atoms with Gasteiger partial charge in [-0.1, -0.05) is 206 Å². The predicted octanol–water partition coefficient (Wildman–Crippen LogP) is 15.9. The molecule has 0 aliphatic heterocycles. The number of rotatable bonds is 3. The number of fused-ring (bicyclic) bond motifs is 7. The summed E-state index contributed by atoms with van der Waals surface area (Å²) in [5.41, 5.74) is 7.56. The summed E-state index contributed by atoms with van der Waals surface area (Å²) in [6.07, 6.45) is 1.25. The lowest BCUT2D eigenvalue weighted by Crippen LogP contribution is -1.92. The molecular formula is C51H48. The highest BCUT2D eigenvalue weighted by molar-refractivity contribution is 6.28. The highest BCUT2D eigenvalue weighted by Crippen LogP contribution is 2.47. The van der Waals surface area contributed by atoms with Crippen molar-refractivity contribution in [2.75, 3.05) is 0 Å². The Balaban J connectivity index is 0.000000601. The van der Waals surface area contributed by atoms with E-state index in [2.05, 4.69) is 184 Å². The number of benzene rings is 9. The van der Waals surface area contributed by atoms with Crippen LogP contribution in [-0.2, 0) is 0 Å². The van der Waals surface area contributed by atoms with Gasteiger partial charge in [-0.3, -0.25) is 0 Å². The van der Waals surface area contributed by atoms with Crippen LogP contribution in [0.3, 0.4) is 0 Å². The summed E-state index contributed by atoms with van der Waals surface area (Å²) in [7, 11) is 0. The molecule has 0 amide bonds. The van der Waals surface area contributed by atoms with Crippen LogP contribution >= 0.6 is 0 Å². The van der Waals surface area contributed by atoms with Gasteiger partial charge in [0.2, 0.25) is 0 Å². The van der Waals surface area contributed by atoms with Gasteiger partial charge in [0.15, 0.2) is 0 Å². The minimum Gasteiger partial charge on any atom is -0.0683 e. The maximum absolute atomic E-state index is 2.42. The maximum Gasteiger partial charge on any atom is -0.00199 e. The first-order valence-electron chi connectivity index (χ1n) is 18.7. The highest BCUT2D eigenvalue weighted by Gasteiger charge is 2.19. The van der Waals surface area contributed by atoms with Crippen LogP contribution in [0.4, 0.5) is 0 Å². The van der Waals surface area contributed by atoms with E-state index in [0.717, 1.165) is 0 Å². The van der Waals surface area contributed by atoms with Crippen molar-refractivity contribution in [3.63, 3.8) is 0 Å². The van der Waals surface area contributed by atoms with E-state index in [-0.39, 0.29) is 0 Å². The quantitative estimate of drug-likeness (QED) is 0.131. The van der Waals surface area contributed by atoms with Crippen molar-refractivity contribution in [3.8, 4) is 33.4 Å². The van der Waals surface area contributed by atoms with Crippen LogP contribution in [0, 0.1) is 0 Å². The molecule has 0 heteroatoms. The Bertz CT molecular complexity index is 2500. The van der Waals surface area contributed by atoms with Gasteiger partial charge in [0, 0.05) is 0 Å². The van der Waals surface area contributed by atoms with Crippen molar-refractivity contribution in [1.29, 1.82) is 0 Å². The molecule has 0 radical (unpaired) electrons. The Morgan fingerprint density at radius 3 is 1.35 bits per heavy atom. The zero-order valence-corrected chi connectivity index (χ0v) is 30.9. The molecule has 0 saturated heterocycles. The van der Waals surface area contributed by atoms with Crippen molar-refractivity contribution in [2.24, 2.45) is 0 Å². The summed E-state index contributed by atoms with van der Waals surface area (Å²) >= 11 is 0. The van der Waals surface area contributed by atoms with Gasteiger partial charge in [-0.15, -0.1) is 0 Å². The van der Waals surface area contributed by atoms with E-state index in [9.17, 15) is 0 Å². The van der Waals surface area contributed by atoms with Crippen LogP contribution in [0.1, 0.15) is 48.0 Å². The van der Waals surface area contributed by atoms with Crippen molar-refractivity contribution in [2.45, 2.75) is 48.0 Å². The zero-order valence-electron chi connectivity index (χ0n) is 30.9. The zero-order chi connectivity index (χ0) is 35.7. The van der Waals surface area contributed by atoms with Gasteiger partial charge in [0.1, 0.15) is 0 Å². The first kappa shape index (κ1) is 35.1. The summed E-state index contributed by atoms with van der Waals surface area (Å²) in [6, 6.07) is 62.3. The normalized spacial score (nSPS) is 10.6. The minimum absolute atomic E-state index is 1.23. The molecule has 0 saturated carbocycles. The summed E-state index contributed by atoms with van der Waals surface area (Å²) in [5, 5.41) is 12.8. The SMILES string of the molecule is CC.CC.CCC.c1ccc(-c2cccc(-c3c4ccccc4c(-c4cc5ccc6ccccc6c5c5ccccc45)c4ccccc34)c2)cc1. The molecule has 51 heavy (non-hydrogen) atoms. The van der Waals surface area contributed by atoms with E-state index in [1.54, 1.807) is 0 Å². The van der Waals surface area contributed by atoms with E-state index < -0.39 is 0 Å². The predicted molar refractivity (Wildman–Crippen MR) is 229 cm³/mol. The molecule has 0 bridgehead atoms. The topological polar surface area (TPSA) is 0 Å². The molecule has 0 unspecified atom stereocenters. The Kier molecular flexibility index (Phi) is 11.2. The molecule has 0 heterocycles. The van der Waals surface area contributed by atoms with Gasteiger partial charge in [0.25, 0.3) is 0 Å². The van der Waals surface area contributed by atoms with Crippen molar-refractivity contribution in [1.82, 2.24) is 0 Å². The average molecular weight is 661 g/mol. The molecule has 0 nitrogen and oxygen atoms in total. The first-order valence-corrected chi connectivity index (χ1v) is 18.7. The minimum atomic E-state index is 1.23. The lowest BCUT2D eigenvalue weighted by atomic mass is 9.83. The average Bonchev–Trinajstić information content (AvgIpc) is 3.21. The van der Waals surface area contributed by atoms with Crippen molar-refractivity contribution >= 4 is 53.9 Å². The van der Waals surface area contributed by atoms with E-state index in [1.807, 2.05) is 27.7 Å². The molecular weight excluding hydrogens is 613 g/mol. The fourth-order valence-electron chi connectivity index (χ4n) is 7.30. The second kappa shape index (κ2) is 16.3. The second-order valence-electron chi connectivity index (χ2n) is 12.3. The highest BCUT2D eigenvalue weighted by atomic mass is 14.2. The molecule has 0 spiro atoms. The van der Waals surface area contributed by atoms with Gasteiger partial charge in [-0.25, -0.2) is 0 Å². The summed E-state index contributed by atoms with van der Waals surface area (Å²) in [6.45, 7) is 12.2. The lowest BCUT2D eigenvalue weighted by molar-refractivity contribution is 1.09. The molecule has 0 atom stereocenters. The molecule has 9 aromatic rings. The largest absolute Gasteiger partial charge is 0.0683 e. The van der Waals surface area contributed by atoms with E-state index in [0.29, 0.717) is 0 Å². The van der Waals surface area contributed by atoms with Gasteiger partial charge in [-0.05, 0) is 99.4 Å². The maximum atomic E-state index is 2.42. The summed E-state index contributed by atoms with van der Waals surface area (Å²) in [5.74, 6) is 0. The Morgan fingerprint density at radius 2 is 0.745 bits per heavy atom. The first-order chi connectivity index (χ1) is 25.3. The molecule has 252 valence electrons. The molecule has 0 aromatic heterocycles. The van der Waals surface area contributed by atoms with Gasteiger partial charge in [0.05, 0.1) is 0 Å². The number of hydrogen-bond donors (Lipinski definition) is 0. The molecule has 9 rings (SSSR count). The molecule has 0 N–H and O–H groups in total. The third kappa shape index (κ3) is 6.63. The second-order valence-corrected chi connectivity index (χ2v) is 12.3. The van der Waals surface area contributed by atoms with Crippen LogP contribution in [0.25, 0.3) is 87.2 Å². The molecule has 0 aliphatic rings. The van der Waals surface area contributed by atoms with Crippen LogP contribution in [0.15, 0.2) is 170 Å². The van der Waals surface area contributed by atoms with Gasteiger partial charge >= 0.3 is 0 Å². The third-order valence-corrected chi connectivity index (χ3v) is 9.21. The summed E-state index contributed by atoms with van der Waals surface area (Å²) in [4.78, 5) is 0. The van der Waals surface area contributed by atoms with Crippen LogP contribution in [-0.4, -0.2) is 0 Å². The molecule has 0 fully saturated rings. The lowest BCUT2D eigenvalue weighted by Gasteiger charge is -2.20. The monoisotopic (exact) mass is 660 g/mol. The third-order valence-electron chi connectivity index (χ3n) is 9.21. The Labute approximate surface area is 304 Å². The van der Waals surface area contributed by atoms with Crippen molar-refractivity contribution < 1.29 is 0 Å². The standard InChI is InChI=1S/C44H28.C3H8.2C2H6/c1-2-13-29(14-3-1)31-16-12-17-32(27-31)43-37-21-8-10-23-39(37)44(40-24-11-9-22-38(40)43)41-28-33-26-25-30-15-4-5-18-34(30)42(33)36-20-7-6-19-35(36)41;1-3-2;2*1-2/h1-28H;3H2,1-2H3;2*1-2H3. The fourth-order valence-corrected chi connectivity index (χ4v) is 7.30. The molecule has 9 aromatic carbocycles. The Morgan fingerprint density at radius 1 is 0.314 bits per heavy atom. The van der Waals surface area contributed by atoms with E-state index in [4.69, 9.17) is 0 Å². The number of hydrogen-bond acceptors (Lipinski definition) is 0. The van der Waals surface area contributed by atoms with Crippen molar-refractivity contribution in [3.05, 3.63) is 170 Å². The van der Waals surface area contributed by atoms with Gasteiger partial charge < -0.3 is 0 Å². The Hall–Kier alpha value is -5.72. The molecule has 0 aliphatic carbocycles. The van der Waals surface area contributed by atoms with E-state index >= 15 is 0 Å². The smallest absolute Gasteiger partial charge is 0.00199 e. The van der Waals surface area contributed by atoms with Crippen LogP contribution in [0.2, 0.25) is 0 Å². The van der Waals surface area contributed by atoms with E-state index in [1.165, 1.54) is 93.7 Å². The van der Waals surface area contributed by atoms with Crippen LogP contribution < -0.4 is 0 Å². The van der Waals surface area contributed by atoms with Crippen LogP contribution in [0.5, 0.6) is 0 Å². The van der Waals surface area contributed by atoms with Gasteiger partial charge in [-0.2, -0.15) is 0 Å². The fraction of sp³-hybridized carbons (Fsp3) is 0.137.